The Morgan fingerprint density at radius 1 is 0.789 bits per heavy atom. The van der Waals surface area contributed by atoms with E-state index in [2.05, 4.69) is 47.6 Å². The summed E-state index contributed by atoms with van der Waals surface area (Å²) in [6.07, 6.45) is 3.50. The van der Waals surface area contributed by atoms with Gasteiger partial charge in [0.1, 0.15) is 17.3 Å². The summed E-state index contributed by atoms with van der Waals surface area (Å²) in [6, 6.07) is 19.5. The van der Waals surface area contributed by atoms with Gasteiger partial charge in [-0.15, -0.1) is 11.3 Å². The van der Waals surface area contributed by atoms with Crippen molar-refractivity contribution in [3.8, 4) is 0 Å². The fraction of sp³-hybridized carbons (Fsp3) is 0.632. The first-order valence-corrected chi connectivity index (χ1v) is 26.7. The highest BCUT2D eigenvalue weighted by atomic mass is 32.1. The van der Waals surface area contributed by atoms with Crippen LogP contribution in [0.4, 0.5) is 4.79 Å². The normalized spacial score (nSPS) is 16.9. The van der Waals surface area contributed by atoms with Gasteiger partial charge in [-0.2, -0.15) is 0 Å². The smallest absolute Gasteiger partial charge is 0.438 e. The number of likely N-dealkylation sites (tertiary alicyclic amines) is 1. The predicted octanol–water partition coefficient (Wildman–Crippen LogP) is 10.9. The van der Waals surface area contributed by atoms with Crippen molar-refractivity contribution in [1.82, 2.24) is 14.8 Å². The fourth-order valence-corrected chi connectivity index (χ4v) is 10.5. The Hall–Kier alpha value is -4.79. The van der Waals surface area contributed by atoms with Crippen LogP contribution in [0.25, 0.3) is 0 Å². The van der Waals surface area contributed by atoms with Gasteiger partial charge in [-0.05, 0) is 67.9 Å². The molecule has 394 valence electrons. The number of ketones is 3. The van der Waals surface area contributed by atoms with Gasteiger partial charge in [-0.3, -0.25) is 24.0 Å². The molecule has 0 N–H and O–H groups in total. The van der Waals surface area contributed by atoms with Gasteiger partial charge >= 0.3 is 6.16 Å². The van der Waals surface area contributed by atoms with Gasteiger partial charge in [-0.25, -0.2) is 9.78 Å². The van der Waals surface area contributed by atoms with Gasteiger partial charge in [0.25, 0.3) is 0 Å². The number of amides is 2. The van der Waals surface area contributed by atoms with Crippen molar-refractivity contribution >= 4 is 46.7 Å². The second-order valence-corrected chi connectivity index (χ2v) is 20.8. The molecule has 14 heteroatoms. The number of rotatable bonds is 28. The molecule has 2 amide bonds. The van der Waals surface area contributed by atoms with Crippen molar-refractivity contribution in [2.75, 3.05) is 41.5 Å². The maximum absolute atomic E-state index is 14.5. The van der Waals surface area contributed by atoms with E-state index in [1.54, 1.807) is 33.1 Å². The van der Waals surface area contributed by atoms with E-state index in [9.17, 15) is 28.8 Å². The van der Waals surface area contributed by atoms with E-state index in [0.717, 1.165) is 36.3 Å². The minimum Gasteiger partial charge on any atom is -0.438 e. The Morgan fingerprint density at radius 3 is 1.94 bits per heavy atom. The van der Waals surface area contributed by atoms with E-state index in [0.29, 0.717) is 38.1 Å². The van der Waals surface area contributed by atoms with Crippen LogP contribution >= 0.6 is 11.3 Å². The third kappa shape index (κ3) is 18.3. The maximum atomic E-state index is 14.5. The molecule has 2 heterocycles. The molecule has 1 unspecified atom stereocenters. The summed E-state index contributed by atoms with van der Waals surface area (Å²) in [5.74, 6) is -1.31. The van der Waals surface area contributed by atoms with Gasteiger partial charge < -0.3 is 28.7 Å². The standard InChI is InChI=1S/C53H77N3O7S.C4H8O3/c1-12-36(6)50(55(9)53(61)42(35(4)5)31-47(59)37(7)34(2)3)48(62-10)32-49(60)56-28-20-26-44(56)51(63-11)38(8)46(58)30-41(29-40-23-17-14-18-24-40)52-54-43(33-64-52)45(57)27-19-25-39-21-15-13-16-22-39;1-3-7-4(5)6-2/h13-18,21-24,33-38,41-42,44,48,50-51H,12,19-20,25-32H2,1-11H3;3H2,1-2H3/t36-,37-,38-,41+,42-,44-,48+,50?,51+;/m0./s1. The highest BCUT2D eigenvalue weighted by Crippen LogP contribution is 2.34. The van der Waals surface area contributed by atoms with Gasteiger partial charge in [0.05, 0.1) is 49.4 Å². The first kappa shape index (κ1) is 60.5. The van der Waals surface area contributed by atoms with Gasteiger partial charge in [0, 0.05) is 76.1 Å². The van der Waals surface area contributed by atoms with Crippen LogP contribution in [0.15, 0.2) is 66.0 Å². The predicted molar refractivity (Wildman–Crippen MR) is 280 cm³/mol. The number of hydrogen-bond donors (Lipinski definition) is 0. The second-order valence-electron chi connectivity index (χ2n) is 19.9. The maximum Gasteiger partial charge on any atom is 0.507 e. The van der Waals surface area contributed by atoms with Crippen LogP contribution in [0, 0.1) is 35.5 Å². The van der Waals surface area contributed by atoms with Crippen LogP contribution in [0.1, 0.15) is 146 Å². The molecule has 9 atom stereocenters. The number of aromatic nitrogens is 1. The minimum atomic E-state index is -0.623. The number of hydrogen-bond acceptors (Lipinski definition) is 12. The van der Waals surface area contributed by atoms with Crippen LogP contribution in [0.3, 0.4) is 0 Å². The molecule has 0 radical (unpaired) electrons. The molecule has 1 fully saturated rings. The Morgan fingerprint density at radius 2 is 1.41 bits per heavy atom. The van der Waals surface area contributed by atoms with E-state index >= 15 is 0 Å². The SMILES string of the molecule is CCOC(=O)OC.CC[C@H](C)C([C@@H](CC(=O)N1CCC[C@H]1[C@H](OC)[C@@H](C)C(=O)C[C@@H](Cc1ccccc1)c1nc(C(=O)CCCc2ccccc2)cs1)OC)N(C)C(=O)[C@@H](CC(=O)[C@@H](C)C(C)C)C(C)C. The number of likely N-dealkylation sites (N-methyl/N-ethyl adjacent to an activating group) is 1. The highest BCUT2D eigenvalue weighted by molar-refractivity contribution is 7.10. The number of Topliss-reactive ketones (excluding diaryl/α,β-unsaturated/α-hetero) is 3. The molecular weight excluding hydrogens is 919 g/mol. The molecule has 0 bridgehead atoms. The summed E-state index contributed by atoms with van der Waals surface area (Å²) < 4.78 is 20.7. The lowest BCUT2D eigenvalue weighted by Crippen LogP contribution is -2.54. The van der Waals surface area contributed by atoms with E-state index in [4.69, 9.17) is 14.5 Å². The Labute approximate surface area is 429 Å². The zero-order chi connectivity index (χ0) is 52.8. The summed E-state index contributed by atoms with van der Waals surface area (Å²) >= 11 is 1.44. The Bertz CT molecular complexity index is 2090. The topological polar surface area (TPSA) is 159 Å². The lowest BCUT2D eigenvalue weighted by molar-refractivity contribution is -0.149. The zero-order valence-electron chi connectivity index (χ0n) is 45.0. The van der Waals surface area contributed by atoms with Crippen molar-refractivity contribution in [3.63, 3.8) is 0 Å². The molecule has 1 aromatic heterocycles. The molecular formula is C57H85N3O10S. The van der Waals surface area contributed by atoms with E-state index in [1.165, 1.54) is 24.0 Å². The third-order valence-electron chi connectivity index (χ3n) is 14.5. The van der Waals surface area contributed by atoms with Crippen LogP contribution in [-0.4, -0.2) is 116 Å². The summed E-state index contributed by atoms with van der Waals surface area (Å²) in [6.45, 7) is 18.6. The molecule has 0 aliphatic carbocycles. The van der Waals surface area contributed by atoms with Gasteiger partial charge in [0.15, 0.2) is 5.78 Å². The highest BCUT2D eigenvalue weighted by Gasteiger charge is 2.43. The van der Waals surface area contributed by atoms with Crippen molar-refractivity contribution in [3.05, 3.63) is 87.9 Å². The number of ether oxygens (including phenoxy) is 4. The Balaban J connectivity index is 0.00000176. The van der Waals surface area contributed by atoms with E-state index in [1.807, 2.05) is 88.2 Å². The molecule has 3 aromatic rings. The van der Waals surface area contributed by atoms with Crippen molar-refractivity contribution < 1.29 is 47.7 Å². The largest absolute Gasteiger partial charge is 0.507 e. The minimum absolute atomic E-state index is 0.00876. The van der Waals surface area contributed by atoms with Crippen molar-refractivity contribution in [2.45, 2.75) is 157 Å². The zero-order valence-corrected chi connectivity index (χ0v) is 45.8. The molecule has 2 aromatic carbocycles. The summed E-state index contributed by atoms with van der Waals surface area (Å²) in [4.78, 5) is 88.1. The molecule has 0 spiro atoms. The van der Waals surface area contributed by atoms with Crippen LogP contribution in [0.5, 0.6) is 0 Å². The molecule has 4 rings (SSSR count). The number of thiazole rings is 1. The molecule has 13 nitrogen and oxygen atoms in total. The summed E-state index contributed by atoms with van der Waals surface area (Å²) in [7, 11) is 6.27. The quantitative estimate of drug-likeness (QED) is 0.0503. The fourth-order valence-electron chi connectivity index (χ4n) is 9.56. The van der Waals surface area contributed by atoms with Crippen LogP contribution in [-0.2, 0) is 51.0 Å². The van der Waals surface area contributed by atoms with Crippen molar-refractivity contribution in [2.24, 2.45) is 35.5 Å². The van der Waals surface area contributed by atoms with Crippen molar-refractivity contribution in [1.29, 1.82) is 0 Å². The summed E-state index contributed by atoms with van der Waals surface area (Å²) in [5.41, 5.74) is 2.74. The summed E-state index contributed by atoms with van der Waals surface area (Å²) in [5, 5.41) is 2.60. The van der Waals surface area contributed by atoms with Gasteiger partial charge in [-0.1, -0.05) is 122 Å². The van der Waals surface area contributed by atoms with E-state index < -0.39 is 36.2 Å². The molecule has 1 aliphatic rings. The average molecular weight is 1000 g/mol. The number of methoxy groups -OCH3 is 3. The Kier molecular flexibility index (Phi) is 26.4. The van der Waals surface area contributed by atoms with E-state index in [-0.39, 0.29) is 84.1 Å². The first-order valence-electron chi connectivity index (χ1n) is 25.8. The number of benzene rings is 2. The van der Waals surface area contributed by atoms with Crippen LogP contribution in [0.2, 0.25) is 0 Å². The lowest BCUT2D eigenvalue weighted by atomic mass is 9.82. The molecule has 1 saturated heterocycles. The molecule has 71 heavy (non-hydrogen) atoms. The lowest BCUT2D eigenvalue weighted by Gasteiger charge is -2.41. The van der Waals surface area contributed by atoms with Gasteiger partial charge in [0.2, 0.25) is 11.8 Å². The number of aryl methyl sites for hydroxylation is 1. The number of carbonyl (C=O) groups excluding carboxylic acids is 6. The molecule has 1 aliphatic heterocycles. The van der Waals surface area contributed by atoms with Crippen LogP contribution < -0.4 is 0 Å². The third-order valence-corrected chi connectivity index (χ3v) is 15.5. The first-order chi connectivity index (χ1) is 33.8. The average Bonchev–Trinajstić information content (AvgIpc) is 4.07. The monoisotopic (exact) mass is 1000 g/mol. The number of carbonyl (C=O) groups is 6. The molecule has 0 saturated carbocycles. The second kappa shape index (κ2) is 30.9. The number of nitrogens with zero attached hydrogens (tertiary/aromatic N) is 3.